The van der Waals surface area contributed by atoms with E-state index in [1.807, 2.05) is 31.1 Å². The van der Waals surface area contributed by atoms with Crippen LogP contribution in [0.1, 0.15) is 15.9 Å². The van der Waals surface area contributed by atoms with Crippen LogP contribution in [0.5, 0.6) is 5.75 Å². The van der Waals surface area contributed by atoms with Crippen LogP contribution in [0.3, 0.4) is 0 Å². The fourth-order valence-corrected chi connectivity index (χ4v) is 1.68. The highest BCUT2D eigenvalue weighted by Gasteiger charge is 2.10. The predicted molar refractivity (Wildman–Crippen MR) is 68.6 cm³/mol. The van der Waals surface area contributed by atoms with E-state index in [0.29, 0.717) is 6.54 Å². The molecule has 0 atom stereocenters. The number of ketones is 1. The SMILES string of the molecule is CNCC(=O)c1ccc(OC)c(CN(C)C)c1. The molecule has 0 amide bonds. The number of hydrogen-bond acceptors (Lipinski definition) is 4. The second-order valence-electron chi connectivity index (χ2n) is 4.22. The van der Waals surface area contributed by atoms with E-state index in [1.165, 1.54) is 0 Å². The first kappa shape index (κ1) is 13.7. The Morgan fingerprint density at radius 1 is 1.41 bits per heavy atom. The number of carbonyl (C=O) groups is 1. The number of likely N-dealkylation sites (N-methyl/N-ethyl adjacent to an activating group) is 1. The molecule has 0 saturated carbocycles. The minimum atomic E-state index is 0.0927. The van der Waals surface area contributed by atoms with Gasteiger partial charge >= 0.3 is 0 Å². The lowest BCUT2D eigenvalue weighted by molar-refractivity contribution is 0.0993. The number of hydrogen-bond donors (Lipinski definition) is 1. The molecule has 1 aromatic rings. The summed E-state index contributed by atoms with van der Waals surface area (Å²) in [5, 5.41) is 2.86. The maximum absolute atomic E-state index is 11.8. The molecule has 1 N–H and O–H groups in total. The monoisotopic (exact) mass is 236 g/mol. The van der Waals surface area contributed by atoms with Gasteiger partial charge < -0.3 is 15.0 Å². The number of ether oxygens (including phenoxy) is 1. The van der Waals surface area contributed by atoms with Crippen LogP contribution in [-0.2, 0) is 6.54 Å². The van der Waals surface area contributed by atoms with Gasteiger partial charge in [-0.15, -0.1) is 0 Å². The Morgan fingerprint density at radius 3 is 2.65 bits per heavy atom. The minimum Gasteiger partial charge on any atom is -0.496 e. The van der Waals surface area contributed by atoms with Crippen LogP contribution in [0.2, 0.25) is 0 Å². The van der Waals surface area contributed by atoms with Crippen LogP contribution in [0, 0.1) is 0 Å². The standard InChI is InChI=1S/C13H20N2O2/c1-14-8-12(16)10-5-6-13(17-4)11(7-10)9-15(2)3/h5-7,14H,8-9H2,1-4H3. The summed E-state index contributed by atoms with van der Waals surface area (Å²) in [4.78, 5) is 13.8. The third-order valence-corrected chi connectivity index (χ3v) is 2.43. The normalized spacial score (nSPS) is 10.6. The van der Waals surface area contributed by atoms with Crippen LogP contribution in [-0.4, -0.2) is 45.5 Å². The molecule has 0 heterocycles. The van der Waals surface area contributed by atoms with Crippen molar-refractivity contribution >= 4 is 5.78 Å². The number of rotatable bonds is 6. The van der Waals surface area contributed by atoms with Crippen molar-refractivity contribution in [1.29, 1.82) is 0 Å². The molecule has 94 valence electrons. The summed E-state index contributed by atoms with van der Waals surface area (Å²) in [6.45, 7) is 1.11. The summed E-state index contributed by atoms with van der Waals surface area (Å²) >= 11 is 0. The zero-order valence-electron chi connectivity index (χ0n) is 10.9. The molecule has 0 unspecified atom stereocenters. The van der Waals surface area contributed by atoms with Crippen molar-refractivity contribution in [3.05, 3.63) is 29.3 Å². The predicted octanol–water partition coefficient (Wildman–Crippen LogP) is 1.16. The van der Waals surface area contributed by atoms with Gasteiger partial charge in [-0.25, -0.2) is 0 Å². The first-order valence-electron chi connectivity index (χ1n) is 5.58. The molecule has 0 radical (unpaired) electrons. The number of Topliss-reactive ketones (excluding diaryl/α,β-unsaturated/α-hetero) is 1. The Labute approximate surface area is 103 Å². The Hall–Kier alpha value is -1.39. The maximum atomic E-state index is 11.8. The van der Waals surface area contributed by atoms with E-state index in [1.54, 1.807) is 20.2 Å². The van der Waals surface area contributed by atoms with Gasteiger partial charge in [-0.05, 0) is 39.3 Å². The highest BCUT2D eigenvalue weighted by atomic mass is 16.5. The van der Waals surface area contributed by atoms with E-state index in [9.17, 15) is 4.79 Å². The zero-order valence-corrected chi connectivity index (χ0v) is 10.9. The summed E-state index contributed by atoms with van der Waals surface area (Å²) in [5.41, 5.74) is 1.75. The van der Waals surface area contributed by atoms with Crippen molar-refractivity contribution < 1.29 is 9.53 Å². The van der Waals surface area contributed by atoms with Crippen molar-refractivity contribution in [2.24, 2.45) is 0 Å². The van der Waals surface area contributed by atoms with Crippen LogP contribution in [0.25, 0.3) is 0 Å². The van der Waals surface area contributed by atoms with Crippen molar-refractivity contribution in [2.45, 2.75) is 6.54 Å². The summed E-state index contributed by atoms with van der Waals surface area (Å²) in [7, 11) is 7.38. The van der Waals surface area contributed by atoms with Crippen molar-refractivity contribution in [3.63, 3.8) is 0 Å². The van der Waals surface area contributed by atoms with E-state index in [4.69, 9.17) is 4.74 Å². The smallest absolute Gasteiger partial charge is 0.176 e. The van der Waals surface area contributed by atoms with Gasteiger partial charge in [0.25, 0.3) is 0 Å². The first-order chi connectivity index (χ1) is 8.08. The van der Waals surface area contributed by atoms with Gasteiger partial charge in [-0.1, -0.05) is 0 Å². The van der Waals surface area contributed by atoms with Crippen LogP contribution < -0.4 is 10.1 Å². The van der Waals surface area contributed by atoms with Crippen molar-refractivity contribution in [2.75, 3.05) is 34.8 Å². The third kappa shape index (κ3) is 3.84. The number of methoxy groups -OCH3 is 1. The lowest BCUT2D eigenvalue weighted by atomic mass is 10.1. The molecule has 1 rings (SSSR count). The molecule has 4 nitrogen and oxygen atoms in total. The van der Waals surface area contributed by atoms with Crippen LogP contribution >= 0.6 is 0 Å². The zero-order chi connectivity index (χ0) is 12.8. The molecular formula is C13H20N2O2. The van der Waals surface area contributed by atoms with Gasteiger partial charge in [0.2, 0.25) is 0 Å². The number of nitrogens with zero attached hydrogens (tertiary/aromatic N) is 1. The number of carbonyl (C=O) groups excluding carboxylic acids is 1. The molecule has 17 heavy (non-hydrogen) atoms. The molecular weight excluding hydrogens is 216 g/mol. The van der Waals surface area contributed by atoms with Gasteiger partial charge in [0.05, 0.1) is 13.7 Å². The van der Waals surface area contributed by atoms with E-state index in [0.717, 1.165) is 23.4 Å². The molecule has 0 aromatic heterocycles. The Kier molecular flexibility index (Phi) is 5.12. The third-order valence-electron chi connectivity index (χ3n) is 2.43. The van der Waals surface area contributed by atoms with Crippen molar-refractivity contribution in [1.82, 2.24) is 10.2 Å². The van der Waals surface area contributed by atoms with Gasteiger partial charge in [0, 0.05) is 17.7 Å². The average molecular weight is 236 g/mol. The lowest BCUT2D eigenvalue weighted by Crippen LogP contribution is -2.19. The molecule has 0 spiro atoms. The van der Waals surface area contributed by atoms with Gasteiger partial charge in [-0.3, -0.25) is 4.79 Å². The Morgan fingerprint density at radius 2 is 2.12 bits per heavy atom. The summed E-state index contributed by atoms with van der Waals surface area (Å²) in [6, 6.07) is 5.55. The quantitative estimate of drug-likeness (QED) is 0.753. The molecule has 0 fully saturated rings. The summed E-state index contributed by atoms with van der Waals surface area (Å²) in [6.07, 6.45) is 0. The Bertz CT molecular complexity index is 389. The van der Waals surface area contributed by atoms with Gasteiger partial charge in [0.15, 0.2) is 5.78 Å². The van der Waals surface area contributed by atoms with E-state index in [2.05, 4.69) is 5.32 Å². The molecule has 0 aliphatic rings. The molecule has 0 aliphatic heterocycles. The highest BCUT2D eigenvalue weighted by Crippen LogP contribution is 2.21. The van der Waals surface area contributed by atoms with Gasteiger partial charge in [-0.2, -0.15) is 0 Å². The maximum Gasteiger partial charge on any atom is 0.176 e. The largest absolute Gasteiger partial charge is 0.496 e. The van der Waals surface area contributed by atoms with Crippen molar-refractivity contribution in [3.8, 4) is 5.75 Å². The van der Waals surface area contributed by atoms with E-state index >= 15 is 0 Å². The summed E-state index contributed by atoms with van der Waals surface area (Å²) < 4.78 is 5.29. The molecule has 0 saturated heterocycles. The highest BCUT2D eigenvalue weighted by molar-refractivity contribution is 5.97. The van der Waals surface area contributed by atoms with Gasteiger partial charge in [0.1, 0.15) is 5.75 Å². The van der Waals surface area contributed by atoms with E-state index < -0.39 is 0 Å². The fourth-order valence-electron chi connectivity index (χ4n) is 1.68. The second kappa shape index (κ2) is 6.37. The first-order valence-corrected chi connectivity index (χ1v) is 5.58. The number of benzene rings is 1. The van der Waals surface area contributed by atoms with E-state index in [-0.39, 0.29) is 5.78 Å². The van der Waals surface area contributed by atoms with Crippen LogP contribution in [0.15, 0.2) is 18.2 Å². The lowest BCUT2D eigenvalue weighted by Gasteiger charge is -2.14. The molecule has 0 aliphatic carbocycles. The topological polar surface area (TPSA) is 41.6 Å². The second-order valence-corrected chi connectivity index (χ2v) is 4.22. The Balaban J connectivity index is 2.99. The minimum absolute atomic E-state index is 0.0927. The fraction of sp³-hybridized carbons (Fsp3) is 0.462. The summed E-state index contributed by atoms with van der Waals surface area (Å²) in [5.74, 6) is 0.912. The number of nitrogens with one attached hydrogen (secondary N) is 1. The van der Waals surface area contributed by atoms with Crippen LogP contribution in [0.4, 0.5) is 0 Å². The average Bonchev–Trinajstić information content (AvgIpc) is 2.28. The molecule has 0 bridgehead atoms. The molecule has 1 aromatic carbocycles. The molecule has 4 heteroatoms.